The molecule has 0 bridgehead atoms. The summed E-state index contributed by atoms with van der Waals surface area (Å²) in [7, 11) is 4.12. The molecule has 2 rings (SSSR count). The van der Waals surface area contributed by atoms with Crippen molar-refractivity contribution in [1.82, 2.24) is 14.8 Å². The second kappa shape index (κ2) is 9.13. The number of hydrogen-bond acceptors (Lipinski definition) is 3. The maximum atomic E-state index is 6.35. The smallest absolute Gasteiger partial charge is 0.174 e. The van der Waals surface area contributed by atoms with E-state index < -0.39 is 0 Å². The molecule has 4 nitrogen and oxygen atoms in total. The van der Waals surface area contributed by atoms with Crippen molar-refractivity contribution in [1.29, 1.82) is 0 Å². The minimum absolute atomic E-state index is 0.132. The second-order valence-electron chi connectivity index (χ2n) is 6.37. The number of benzene rings is 1. The quantitative estimate of drug-likeness (QED) is 0.757. The van der Waals surface area contributed by atoms with E-state index in [1.165, 1.54) is 5.56 Å². The maximum absolute atomic E-state index is 6.35. The average Bonchev–Trinajstić information content (AvgIpc) is 2.58. The fraction of sp³-hybridized carbons (Fsp3) is 0.368. The van der Waals surface area contributed by atoms with Crippen molar-refractivity contribution in [2.45, 2.75) is 19.9 Å². The lowest BCUT2D eigenvalue weighted by Crippen LogP contribution is -2.41. The van der Waals surface area contributed by atoms with Crippen LogP contribution < -0.4 is 5.32 Å². The number of halogens is 1. The van der Waals surface area contributed by atoms with Gasteiger partial charge >= 0.3 is 0 Å². The summed E-state index contributed by atoms with van der Waals surface area (Å²) in [4.78, 5) is 8.43. The van der Waals surface area contributed by atoms with Gasteiger partial charge in [0.2, 0.25) is 0 Å². The molecule has 0 saturated carbocycles. The lowest BCUT2D eigenvalue weighted by molar-refractivity contribution is 0.289. The molecule has 2 aromatic rings. The van der Waals surface area contributed by atoms with Crippen LogP contribution in [-0.2, 0) is 0 Å². The first kappa shape index (κ1) is 19.6. The van der Waals surface area contributed by atoms with Gasteiger partial charge in [0.1, 0.15) is 0 Å². The highest BCUT2D eigenvalue weighted by atomic mass is 35.5. The highest BCUT2D eigenvalue weighted by molar-refractivity contribution is 7.80. The van der Waals surface area contributed by atoms with Crippen molar-refractivity contribution < 1.29 is 0 Å². The molecule has 1 heterocycles. The number of nitrogens with one attached hydrogen (secondary N) is 1. The number of anilines is 1. The Morgan fingerprint density at radius 1 is 1.20 bits per heavy atom. The van der Waals surface area contributed by atoms with Crippen LogP contribution in [0.4, 0.5) is 5.69 Å². The zero-order valence-electron chi connectivity index (χ0n) is 15.2. The van der Waals surface area contributed by atoms with Crippen molar-refractivity contribution in [3.8, 4) is 0 Å². The molecule has 0 aliphatic rings. The van der Waals surface area contributed by atoms with Gasteiger partial charge in [-0.3, -0.25) is 4.98 Å². The van der Waals surface area contributed by atoms with Crippen LogP contribution in [0.1, 0.15) is 24.1 Å². The number of thiocarbonyl (C=S) groups is 1. The van der Waals surface area contributed by atoms with Crippen molar-refractivity contribution in [2.24, 2.45) is 0 Å². The van der Waals surface area contributed by atoms with E-state index in [4.69, 9.17) is 23.8 Å². The van der Waals surface area contributed by atoms with Gasteiger partial charge in [0.05, 0.1) is 16.8 Å². The summed E-state index contributed by atoms with van der Waals surface area (Å²) in [6, 6.07) is 10.1. The Hall–Kier alpha value is -1.69. The van der Waals surface area contributed by atoms with Crippen LogP contribution >= 0.6 is 23.8 Å². The SMILES string of the molecule is Cc1ccc(NC(=S)N(CCN(C)C)[C@H](C)c2ccncc2)c(Cl)c1. The predicted molar refractivity (Wildman–Crippen MR) is 110 cm³/mol. The topological polar surface area (TPSA) is 31.4 Å². The van der Waals surface area contributed by atoms with Gasteiger partial charge in [-0.15, -0.1) is 0 Å². The largest absolute Gasteiger partial charge is 0.341 e. The molecule has 25 heavy (non-hydrogen) atoms. The molecule has 0 aliphatic heterocycles. The summed E-state index contributed by atoms with van der Waals surface area (Å²) >= 11 is 12.0. The fourth-order valence-electron chi connectivity index (χ4n) is 2.51. The molecule has 0 unspecified atom stereocenters. The Kier molecular flexibility index (Phi) is 7.17. The molecule has 1 N–H and O–H groups in total. The van der Waals surface area contributed by atoms with Crippen LogP contribution in [0.25, 0.3) is 0 Å². The normalized spacial score (nSPS) is 12.1. The fourth-order valence-corrected chi connectivity index (χ4v) is 3.15. The van der Waals surface area contributed by atoms with Crippen molar-refractivity contribution >= 4 is 34.6 Å². The van der Waals surface area contributed by atoms with Crippen LogP contribution in [0.3, 0.4) is 0 Å². The number of rotatable bonds is 6. The number of aryl methyl sites for hydroxylation is 1. The Morgan fingerprint density at radius 2 is 1.88 bits per heavy atom. The highest BCUT2D eigenvalue weighted by Crippen LogP contribution is 2.25. The molecule has 0 radical (unpaired) electrons. The molecular formula is C19H25ClN4S. The van der Waals surface area contributed by atoms with Gasteiger partial charge in [0, 0.05) is 25.5 Å². The first-order chi connectivity index (χ1) is 11.9. The molecule has 0 fully saturated rings. The average molecular weight is 377 g/mol. The van der Waals surface area contributed by atoms with Crippen LogP contribution in [0.2, 0.25) is 5.02 Å². The third kappa shape index (κ3) is 5.66. The third-order valence-electron chi connectivity index (χ3n) is 4.07. The highest BCUT2D eigenvalue weighted by Gasteiger charge is 2.19. The summed E-state index contributed by atoms with van der Waals surface area (Å²) < 4.78 is 0. The van der Waals surface area contributed by atoms with Gasteiger partial charge in [0.25, 0.3) is 0 Å². The summed E-state index contributed by atoms with van der Waals surface area (Å²) in [5.41, 5.74) is 3.12. The van der Waals surface area contributed by atoms with E-state index in [0.717, 1.165) is 24.3 Å². The zero-order chi connectivity index (χ0) is 18.4. The summed E-state index contributed by atoms with van der Waals surface area (Å²) in [6.45, 7) is 5.88. The number of likely N-dealkylation sites (N-methyl/N-ethyl adjacent to an activating group) is 1. The standard InChI is InChI=1S/C19H25ClN4S/c1-14-5-6-18(17(20)13-14)22-19(25)24(12-11-23(3)4)15(2)16-7-9-21-10-8-16/h5-10,13,15H,11-12H2,1-4H3,(H,22,25)/t15-/m1/s1. The first-order valence-corrected chi connectivity index (χ1v) is 9.05. The molecule has 0 saturated heterocycles. The lowest BCUT2D eigenvalue weighted by Gasteiger charge is -2.33. The van der Waals surface area contributed by atoms with E-state index in [0.29, 0.717) is 10.1 Å². The molecule has 1 aromatic carbocycles. The molecular weight excluding hydrogens is 352 g/mol. The van der Waals surface area contributed by atoms with E-state index in [2.05, 4.69) is 41.1 Å². The molecule has 1 atom stereocenters. The molecule has 0 spiro atoms. The molecule has 0 aliphatic carbocycles. The summed E-state index contributed by atoms with van der Waals surface area (Å²) in [5, 5.41) is 4.64. The van der Waals surface area contributed by atoms with E-state index in [1.54, 1.807) is 0 Å². The Morgan fingerprint density at radius 3 is 2.48 bits per heavy atom. The van der Waals surface area contributed by atoms with Gasteiger partial charge in [-0.05, 0) is 75.6 Å². The van der Waals surface area contributed by atoms with Crippen LogP contribution in [0.5, 0.6) is 0 Å². The Bertz CT molecular complexity index is 706. The number of nitrogens with zero attached hydrogens (tertiary/aromatic N) is 3. The van der Waals surface area contributed by atoms with Crippen LogP contribution in [0, 0.1) is 6.92 Å². The Labute approximate surface area is 160 Å². The van der Waals surface area contributed by atoms with E-state index in [-0.39, 0.29) is 6.04 Å². The minimum atomic E-state index is 0.132. The van der Waals surface area contributed by atoms with Gasteiger partial charge in [-0.25, -0.2) is 0 Å². The number of hydrogen-bond donors (Lipinski definition) is 1. The van der Waals surface area contributed by atoms with Crippen molar-refractivity contribution in [2.75, 3.05) is 32.5 Å². The summed E-state index contributed by atoms with van der Waals surface area (Å²) in [5.74, 6) is 0. The molecule has 134 valence electrons. The minimum Gasteiger partial charge on any atom is -0.341 e. The number of pyridine rings is 1. The third-order valence-corrected chi connectivity index (χ3v) is 4.72. The van der Waals surface area contributed by atoms with Gasteiger partial charge in [-0.1, -0.05) is 17.7 Å². The van der Waals surface area contributed by atoms with Gasteiger partial charge in [-0.2, -0.15) is 0 Å². The van der Waals surface area contributed by atoms with Crippen molar-refractivity contribution in [3.05, 3.63) is 58.9 Å². The van der Waals surface area contributed by atoms with Gasteiger partial charge in [0.15, 0.2) is 5.11 Å². The first-order valence-electron chi connectivity index (χ1n) is 8.27. The van der Waals surface area contributed by atoms with Gasteiger partial charge < -0.3 is 15.1 Å². The second-order valence-corrected chi connectivity index (χ2v) is 7.16. The zero-order valence-corrected chi connectivity index (χ0v) is 16.7. The monoisotopic (exact) mass is 376 g/mol. The van der Waals surface area contributed by atoms with Crippen LogP contribution in [0.15, 0.2) is 42.7 Å². The summed E-state index contributed by atoms with van der Waals surface area (Å²) in [6.07, 6.45) is 3.62. The predicted octanol–water partition coefficient (Wildman–Crippen LogP) is 4.37. The van der Waals surface area contributed by atoms with E-state index >= 15 is 0 Å². The maximum Gasteiger partial charge on any atom is 0.174 e. The Balaban J connectivity index is 2.20. The number of aromatic nitrogens is 1. The van der Waals surface area contributed by atoms with E-state index in [1.807, 2.05) is 49.6 Å². The molecule has 6 heteroatoms. The van der Waals surface area contributed by atoms with E-state index in [9.17, 15) is 0 Å². The molecule has 0 amide bonds. The molecule has 1 aromatic heterocycles. The van der Waals surface area contributed by atoms with Crippen molar-refractivity contribution in [3.63, 3.8) is 0 Å². The van der Waals surface area contributed by atoms with Crippen LogP contribution in [-0.4, -0.2) is 47.1 Å². The lowest BCUT2D eigenvalue weighted by atomic mass is 10.1.